The summed E-state index contributed by atoms with van der Waals surface area (Å²) in [7, 11) is 3.57. The van der Waals surface area contributed by atoms with E-state index < -0.39 is 0 Å². The van der Waals surface area contributed by atoms with Gasteiger partial charge >= 0.3 is 0 Å². The van der Waals surface area contributed by atoms with Crippen LogP contribution in [-0.2, 0) is 11.3 Å². The van der Waals surface area contributed by atoms with E-state index in [9.17, 15) is 4.79 Å². The first-order valence-electron chi connectivity index (χ1n) is 8.80. The lowest BCUT2D eigenvalue weighted by Gasteiger charge is -2.45. The zero-order valence-electron chi connectivity index (χ0n) is 14.8. The third-order valence-electron chi connectivity index (χ3n) is 5.31. The highest BCUT2D eigenvalue weighted by atomic mass is 16.5. The van der Waals surface area contributed by atoms with Crippen LogP contribution >= 0.6 is 0 Å². The number of hydrogen-bond donors (Lipinski definition) is 0. The van der Waals surface area contributed by atoms with E-state index in [1.165, 1.54) is 0 Å². The molecule has 0 radical (unpaired) electrons. The minimum atomic E-state index is -0.0116. The Kier molecular flexibility index (Phi) is 4.31. The normalized spacial score (nSPS) is 22.2. The Labute approximate surface area is 148 Å². The van der Waals surface area contributed by atoms with E-state index in [1.54, 1.807) is 7.11 Å². The van der Waals surface area contributed by atoms with Gasteiger partial charge in [-0.2, -0.15) is 0 Å². The first-order chi connectivity index (χ1) is 12.2. The second-order valence-corrected chi connectivity index (χ2v) is 6.88. The van der Waals surface area contributed by atoms with Crippen molar-refractivity contribution in [1.29, 1.82) is 0 Å². The van der Waals surface area contributed by atoms with Crippen LogP contribution in [-0.4, -0.2) is 78.5 Å². The average molecular weight is 340 g/mol. The van der Waals surface area contributed by atoms with Crippen molar-refractivity contribution in [2.24, 2.45) is 0 Å². The summed E-state index contributed by atoms with van der Waals surface area (Å²) in [5.41, 5.74) is 1.91. The number of rotatable bonds is 3. The summed E-state index contributed by atoms with van der Waals surface area (Å²) in [5.74, 6) is 1.04. The van der Waals surface area contributed by atoms with Crippen molar-refractivity contribution in [3.63, 3.8) is 0 Å². The van der Waals surface area contributed by atoms with E-state index in [1.807, 2.05) is 30.1 Å². The summed E-state index contributed by atoms with van der Waals surface area (Å²) in [4.78, 5) is 23.7. The number of amides is 1. The van der Waals surface area contributed by atoms with Gasteiger partial charge in [0.2, 0.25) is 5.91 Å². The van der Waals surface area contributed by atoms with Gasteiger partial charge in [-0.15, -0.1) is 0 Å². The van der Waals surface area contributed by atoms with Gasteiger partial charge in [-0.25, -0.2) is 4.98 Å². The number of para-hydroxylation sites is 1. The lowest BCUT2D eigenvalue weighted by atomic mass is 10.1. The van der Waals surface area contributed by atoms with Gasteiger partial charge in [-0.05, 0) is 12.1 Å². The number of methoxy groups -OCH3 is 1. The number of carbonyl (C=O) groups is 1. The number of carbonyl (C=O) groups excluding carboxylic acids is 1. The van der Waals surface area contributed by atoms with Gasteiger partial charge in [0.25, 0.3) is 0 Å². The van der Waals surface area contributed by atoms with E-state index in [4.69, 9.17) is 9.72 Å². The molecule has 2 aliphatic heterocycles. The van der Waals surface area contributed by atoms with Gasteiger partial charge in [-0.1, -0.05) is 18.2 Å². The van der Waals surface area contributed by atoms with Crippen molar-refractivity contribution in [1.82, 2.24) is 19.7 Å². The number of aromatic nitrogens is 1. The number of piperazine rings is 2. The van der Waals surface area contributed by atoms with Gasteiger partial charge in [0, 0.05) is 51.7 Å². The highest BCUT2D eigenvalue weighted by Gasteiger charge is 2.37. The second kappa shape index (κ2) is 6.61. The zero-order valence-corrected chi connectivity index (χ0v) is 14.8. The van der Waals surface area contributed by atoms with Crippen molar-refractivity contribution < 1.29 is 9.53 Å². The Hall–Kier alpha value is -2.18. The van der Waals surface area contributed by atoms with Gasteiger partial charge < -0.3 is 9.64 Å². The molecule has 0 aliphatic carbocycles. The summed E-state index contributed by atoms with van der Waals surface area (Å²) in [5, 5.41) is 1.08. The van der Waals surface area contributed by atoms with Gasteiger partial charge in [-0.3, -0.25) is 14.6 Å². The molecule has 6 nitrogen and oxygen atoms in total. The van der Waals surface area contributed by atoms with Gasteiger partial charge in [0.15, 0.2) is 0 Å². The Morgan fingerprint density at radius 3 is 2.84 bits per heavy atom. The second-order valence-electron chi connectivity index (χ2n) is 6.88. The van der Waals surface area contributed by atoms with Crippen molar-refractivity contribution in [2.45, 2.75) is 12.6 Å². The van der Waals surface area contributed by atoms with Crippen molar-refractivity contribution in [3.05, 3.63) is 36.0 Å². The van der Waals surface area contributed by atoms with Gasteiger partial charge in [0.05, 0.1) is 12.8 Å². The molecule has 2 aliphatic rings. The number of nitrogens with zero attached hydrogens (tertiary/aromatic N) is 4. The highest BCUT2D eigenvalue weighted by molar-refractivity contribution is 5.84. The number of hydrogen-bond acceptors (Lipinski definition) is 5. The molecular formula is C19H24N4O2. The minimum absolute atomic E-state index is 0.0116. The van der Waals surface area contributed by atoms with Crippen LogP contribution in [0.15, 0.2) is 30.3 Å². The van der Waals surface area contributed by atoms with Crippen LogP contribution in [0.25, 0.3) is 10.9 Å². The van der Waals surface area contributed by atoms with Crippen LogP contribution in [0, 0.1) is 0 Å². The molecule has 1 atom stereocenters. The van der Waals surface area contributed by atoms with E-state index in [0.717, 1.165) is 61.6 Å². The molecule has 6 heteroatoms. The minimum Gasteiger partial charge on any atom is -0.494 e. The smallest absolute Gasteiger partial charge is 0.241 e. The monoisotopic (exact) mass is 340 g/mol. The molecular weight excluding hydrogens is 316 g/mol. The quantitative estimate of drug-likeness (QED) is 0.840. The molecule has 2 fully saturated rings. The maximum Gasteiger partial charge on any atom is 0.241 e. The topological polar surface area (TPSA) is 48.9 Å². The molecule has 132 valence electrons. The summed E-state index contributed by atoms with van der Waals surface area (Å²) < 4.78 is 5.44. The number of benzene rings is 1. The number of ether oxygens (including phenoxy) is 1. The molecule has 0 saturated carbocycles. The van der Waals surface area contributed by atoms with E-state index in [0.29, 0.717) is 0 Å². The van der Waals surface area contributed by atoms with Crippen LogP contribution < -0.4 is 4.74 Å². The maximum absolute atomic E-state index is 12.4. The molecule has 4 rings (SSSR count). The standard InChI is InChI=1S/C19H24N4O2/c1-21-8-10-23-11-9-22(13-16(23)19(21)24)12-15-7-6-14-4-3-5-17(25-2)18(14)20-15/h3-7,16H,8-13H2,1-2H3. The predicted octanol–water partition coefficient (Wildman–Crippen LogP) is 1.20. The molecule has 25 heavy (non-hydrogen) atoms. The fraction of sp³-hybridized carbons (Fsp3) is 0.474. The van der Waals surface area contributed by atoms with Gasteiger partial charge in [0.1, 0.15) is 17.3 Å². The Morgan fingerprint density at radius 1 is 1.16 bits per heavy atom. The maximum atomic E-state index is 12.4. The number of fused-ring (bicyclic) bond motifs is 2. The third kappa shape index (κ3) is 3.07. The fourth-order valence-electron chi connectivity index (χ4n) is 3.81. The largest absolute Gasteiger partial charge is 0.494 e. The lowest BCUT2D eigenvalue weighted by molar-refractivity contribution is -0.143. The molecule has 2 saturated heterocycles. The average Bonchev–Trinajstić information content (AvgIpc) is 2.64. The molecule has 0 N–H and O–H groups in total. The number of likely N-dealkylation sites (N-methyl/N-ethyl adjacent to an activating group) is 1. The molecule has 1 amide bonds. The summed E-state index contributed by atoms with van der Waals surface area (Å²) in [6.45, 7) is 5.26. The van der Waals surface area contributed by atoms with Crippen LogP contribution in [0.5, 0.6) is 5.75 Å². The fourth-order valence-corrected chi connectivity index (χ4v) is 3.81. The zero-order chi connectivity index (χ0) is 17.4. The molecule has 3 heterocycles. The van der Waals surface area contributed by atoms with E-state index in [-0.39, 0.29) is 11.9 Å². The first-order valence-corrected chi connectivity index (χ1v) is 8.80. The Bertz CT molecular complexity index is 794. The predicted molar refractivity (Wildman–Crippen MR) is 96.6 cm³/mol. The van der Waals surface area contributed by atoms with Crippen LogP contribution in [0.4, 0.5) is 0 Å². The highest BCUT2D eigenvalue weighted by Crippen LogP contribution is 2.24. The molecule has 1 unspecified atom stereocenters. The van der Waals surface area contributed by atoms with Crippen LogP contribution in [0.2, 0.25) is 0 Å². The van der Waals surface area contributed by atoms with E-state index >= 15 is 0 Å². The molecule has 0 spiro atoms. The molecule has 1 aromatic heterocycles. The van der Waals surface area contributed by atoms with Crippen LogP contribution in [0.3, 0.4) is 0 Å². The summed E-state index contributed by atoms with van der Waals surface area (Å²) in [6, 6.07) is 10.1. The van der Waals surface area contributed by atoms with E-state index in [2.05, 4.69) is 21.9 Å². The lowest BCUT2D eigenvalue weighted by Crippen LogP contribution is -2.63. The van der Waals surface area contributed by atoms with Crippen molar-refractivity contribution >= 4 is 16.8 Å². The summed E-state index contributed by atoms with van der Waals surface area (Å²) in [6.07, 6.45) is 0. The van der Waals surface area contributed by atoms with Crippen molar-refractivity contribution in [3.8, 4) is 5.75 Å². The molecule has 0 bridgehead atoms. The first kappa shape index (κ1) is 16.3. The van der Waals surface area contributed by atoms with Crippen LogP contribution in [0.1, 0.15) is 5.69 Å². The number of pyridine rings is 1. The molecule has 2 aromatic rings. The Balaban J connectivity index is 1.52. The SMILES string of the molecule is COc1cccc2ccc(CN3CCN4CCN(C)C(=O)C4C3)nc12. The molecule has 1 aromatic carbocycles. The van der Waals surface area contributed by atoms with Crippen molar-refractivity contribution in [2.75, 3.05) is 46.9 Å². The third-order valence-corrected chi connectivity index (χ3v) is 5.31. The summed E-state index contributed by atoms with van der Waals surface area (Å²) >= 11 is 0. The Morgan fingerprint density at radius 2 is 2.00 bits per heavy atom.